The van der Waals surface area contributed by atoms with Crippen LogP contribution in [0.15, 0.2) is 0 Å². The summed E-state index contributed by atoms with van der Waals surface area (Å²) in [5.41, 5.74) is 0. The zero-order valence-corrected chi connectivity index (χ0v) is 10.7. The molecule has 15 heavy (non-hydrogen) atoms. The van der Waals surface area contributed by atoms with Crippen molar-refractivity contribution < 1.29 is 0 Å². The molecule has 0 radical (unpaired) electrons. The van der Waals surface area contributed by atoms with Crippen LogP contribution in [0.25, 0.3) is 0 Å². The van der Waals surface area contributed by atoms with Gasteiger partial charge in [0.2, 0.25) is 0 Å². The van der Waals surface area contributed by atoms with E-state index in [0.717, 1.165) is 11.8 Å². The summed E-state index contributed by atoms with van der Waals surface area (Å²) in [5, 5.41) is 3.52. The molecule has 0 amide bonds. The van der Waals surface area contributed by atoms with Gasteiger partial charge < -0.3 is 5.32 Å². The zero-order chi connectivity index (χ0) is 10.9. The second-order valence-electron chi connectivity index (χ2n) is 5.39. The molecule has 1 unspecified atom stereocenters. The van der Waals surface area contributed by atoms with E-state index in [9.17, 15) is 0 Å². The highest BCUT2D eigenvalue weighted by Gasteiger charge is 2.14. The highest BCUT2D eigenvalue weighted by molar-refractivity contribution is 4.67. The fraction of sp³-hybridized carbons (Fsp3) is 1.00. The van der Waals surface area contributed by atoms with E-state index < -0.39 is 0 Å². The van der Waals surface area contributed by atoms with Gasteiger partial charge in [-0.3, -0.25) is 0 Å². The molecule has 0 saturated heterocycles. The van der Waals surface area contributed by atoms with Gasteiger partial charge in [0, 0.05) is 0 Å². The topological polar surface area (TPSA) is 12.0 Å². The standard InChI is InChI=1S/C14H29N/c1-3-11-15-12-13(2)9-10-14-7-5-4-6-8-14/h13-15H,3-12H2,1-2H3. The van der Waals surface area contributed by atoms with Crippen molar-refractivity contribution in [2.75, 3.05) is 13.1 Å². The fourth-order valence-corrected chi connectivity index (χ4v) is 2.62. The second-order valence-corrected chi connectivity index (χ2v) is 5.39. The highest BCUT2D eigenvalue weighted by Crippen LogP contribution is 2.28. The molecule has 0 spiro atoms. The first-order chi connectivity index (χ1) is 7.33. The Morgan fingerprint density at radius 2 is 1.93 bits per heavy atom. The number of hydrogen-bond donors (Lipinski definition) is 1. The van der Waals surface area contributed by atoms with Gasteiger partial charge in [-0.1, -0.05) is 52.4 Å². The predicted octanol–water partition coefficient (Wildman–Crippen LogP) is 3.98. The quantitative estimate of drug-likeness (QED) is 0.628. The molecule has 1 aliphatic carbocycles. The van der Waals surface area contributed by atoms with Gasteiger partial charge in [-0.25, -0.2) is 0 Å². The summed E-state index contributed by atoms with van der Waals surface area (Å²) in [4.78, 5) is 0. The first-order valence-electron chi connectivity index (χ1n) is 7.03. The molecule has 1 saturated carbocycles. The van der Waals surface area contributed by atoms with Gasteiger partial charge in [-0.15, -0.1) is 0 Å². The minimum atomic E-state index is 0.874. The maximum atomic E-state index is 3.52. The summed E-state index contributed by atoms with van der Waals surface area (Å²) in [6.07, 6.45) is 11.7. The Hall–Kier alpha value is -0.0400. The maximum absolute atomic E-state index is 3.52. The molecule has 1 fully saturated rings. The van der Waals surface area contributed by atoms with Gasteiger partial charge in [-0.05, 0) is 37.8 Å². The van der Waals surface area contributed by atoms with Crippen LogP contribution >= 0.6 is 0 Å². The van der Waals surface area contributed by atoms with Gasteiger partial charge in [0.05, 0.1) is 0 Å². The van der Waals surface area contributed by atoms with Crippen molar-refractivity contribution in [3.63, 3.8) is 0 Å². The summed E-state index contributed by atoms with van der Waals surface area (Å²) >= 11 is 0. The summed E-state index contributed by atoms with van der Waals surface area (Å²) in [5.74, 6) is 1.94. The third-order valence-corrected chi connectivity index (χ3v) is 3.71. The Morgan fingerprint density at radius 3 is 2.60 bits per heavy atom. The van der Waals surface area contributed by atoms with Crippen molar-refractivity contribution in [2.24, 2.45) is 11.8 Å². The van der Waals surface area contributed by atoms with Gasteiger partial charge in [-0.2, -0.15) is 0 Å². The molecule has 1 N–H and O–H groups in total. The Labute approximate surface area is 96.0 Å². The molecule has 1 heteroatoms. The van der Waals surface area contributed by atoms with Crippen LogP contribution in [0.5, 0.6) is 0 Å². The van der Waals surface area contributed by atoms with Gasteiger partial charge in [0.15, 0.2) is 0 Å². The van der Waals surface area contributed by atoms with Crippen molar-refractivity contribution in [2.45, 2.75) is 65.2 Å². The molecule has 1 aliphatic rings. The highest BCUT2D eigenvalue weighted by atomic mass is 14.8. The normalized spacial score (nSPS) is 20.4. The zero-order valence-electron chi connectivity index (χ0n) is 10.7. The van der Waals surface area contributed by atoms with E-state index in [1.807, 2.05) is 0 Å². The first-order valence-corrected chi connectivity index (χ1v) is 7.03. The average Bonchev–Trinajstić information content (AvgIpc) is 2.28. The molecule has 0 aromatic heterocycles. The smallest absolute Gasteiger partial charge is 0.00232 e. The van der Waals surface area contributed by atoms with Crippen LogP contribution in [0.2, 0.25) is 0 Å². The van der Waals surface area contributed by atoms with Crippen LogP contribution in [0.3, 0.4) is 0 Å². The van der Waals surface area contributed by atoms with E-state index in [2.05, 4.69) is 19.2 Å². The first kappa shape index (κ1) is 13.0. The lowest BCUT2D eigenvalue weighted by Crippen LogP contribution is -2.22. The third kappa shape index (κ3) is 6.19. The van der Waals surface area contributed by atoms with Crippen LogP contribution in [0, 0.1) is 11.8 Å². The minimum absolute atomic E-state index is 0.874. The lowest BCUT2D eigenvalue weighted by atomic mass is 9.84. The number of rotatable bonds is 7. The summed E-state index contributed by atoms with van der Waals surface area (Å²) in [6.45, 7) is 7.04. The van der Waals surface area contributed by atoms with E-state index in [4.69, 9.17) is 0 Å². The molecule has 1 rings (SSSR count). The molecule has 1 nitrogen and oxygen atoms in total. The molecule has 0 bridgehead atoms. The lowest BCUT2D eigenvalue weighted by molar-refractivity contribution is 0.310. The van der Waals surface area contributed by atoms with E-state index in [1.54, 1.807) is 0 Å². The number of hydrogen-bond acceptors (Lipinski definition) is 1. The minimum Gasteiger partial charge on any atom is -0.316 e. The third-order valence-electron chi connectivity index (χ3n) is 3.71. The molecule has 0 aliphatic heterocycles. The Bertz CT molecular complexity index is 138. The Kier molecular flexibility index (Phi) is 7.08. The van der Waals surface area contributed by atoms with Crippen molar-refractivity contribution in [1.29, 1.82) is 0 Å². The van der Waals surface area contributed by atoms with E-state index in [0.29, 0.717) is 0 Å². The monoisotopic (exact) mass is 211 g/mol. The fourth-order valence-electron chi connectivity index (χ4n) is 2.62. The summed E-state index contributed by atoms with van der Waals surface area (Å²) in [6, 6.07) is 0. The largest absolute Gasteiger partial charge is 0.316 e. The maximum Gasteiger partial charge on any atom is -0.00232 e. The van der Waals surface area contributed by atoms with Crippen LogP contribution < -0.4 is 5.32 Å². The van der Waals surface area contributed by atoms with Crippen LogP contribution in [-0.2, 0) is 0 Å². The average molecular weight is 211 g/mol. The van der Waals surface area contributed by atoms with Crippen LogP contribution in [0.4, 0.5) is 0 Å². The molecular weight excluding hydrogens is 182 g/mol. The summed E-state index contributed by atoms with van der Waals surface area (Å²) < 4.78 is 0. The van der Waals surface area contributed by atoms with Crippen molar-refractivity contribution >= 4 is 0 Å². The molecule has 0 aromatic rings. The molecule has 90 valence electrons. The van der Waals surface area contributed by atoms with Crippen molar-refractivity contribution in [3.05, 3.63) is 0 Å². The van der Waals surface area contributed by atoms with Gasteiger partial charge >= 0.3 is 0 Å². The Balaban J connectivity index is 1.97. The Morgan fingerprint density at radius 1 is 1.20 bits per heavy atom. The van der Waals surface area contributed by atoms with E-state index in [1.165, 1.54) is 64.5 Å². The molecular formula is C14H29N. The second kappa shape index (κ2) is 8.15. The molecule has 1 atom stereocenters. The van der Waals surface area contributed by atoms with Crippen LogP contribution in [-0.4, -0.2) is 13.1 Å². The lowest BCUT2D eigenvalue weighted by Gasteiger charge is -2.23. The number of nitrogens with one attached hydrogen (secondary N) is 1. The predicted molar refractivity (Wildman–Crippen MR) is 68.1 cm³/mol. The van der Waals surface area contributed by atoms with Gasteiger partial charge in [0.1, 0.15) is 0 Å². The van der Waals surface area contributed by atoms with Crippen molar-refractivity contribution in [3.8, 4) is 0 Å². The van der Waals surface area contributed by atoms with E-state index in [-0.39, 0.29) is 0 Å². The van der Waals surface area contributed by atoms with Crippen molar-refractivity contribution in [1.82, 2.24) is 5.32 Å². The summed E-state index contributed by atoms with van der Waals surface area (Å²) in [7, 11) is 0. The van der Waals surface area contributed by atoms with Crippen LogP contribution in [0.1, 0.15) is 65.2 Å². The van der Waals surface area contributed by atoms with Gasteiger partial charge in [0.25, 0.3) is 0 Å². The molecule has 0 aromatic carbocycles. The van der Waals surface area contributed by atoms with E-state index >= 15 is 0 Å². The molecule has 0 heterocycles. The SMILES string of the molecule is CCCNCC(C)CCC1CCCCC1.